The highest BCUT2D eigenvalue weighted by Gasteiger charge is 2.14. The van der Waals surface area contributed by atoms with Gasteiger partial charge in [-0.3, -0.25) is 0 Å². The van der Waals surface area contributed by atoms with Crippen molar-refractivity contribution in [3.8, 4) is 11.3 Å². The van der Waals surface area contributed by atoms with Gasteiger partial charge in [-0.05, 0) is 124 Å². The summed E-state index contributed by atoms with van der Waals surface area (Å²) in [5.41, 5.74) is 6.81. The van der Waals surface area contributed by atoms with Crippen LogP contribution in [0.5, 0.6) is 0 Å². The molecule has 4 heteroatoms. The van der Waals surface area contributed by atoms with Crippen LogP contribution in [0, 0.1) is 0 Å². The fourth-order valence-electron chi connectivity index (χ4n) is 6.91. The van der Waals surface area contributed by atoms with E-state index in [9.17, 15) is 4.79 Å². The predicted molar refractivity (Wildman–Crippen MR) is 217 cm³/mol. The molecule has 0 spiro atoms. The Balaban J connectivity index is 1.04. The molecule has 1 heterocycles. The molecule has 0 saturated heterocycles. The van der Waals surface area contributed by atoms with Gasteiger partial charge < -0.3 is 14.2 Å². The van der Waals surface area contributed by atoms with Crippen LogP contribution >= 0.6 is 0 Å². The lowest BCUT2D eigenvalue weighted by atomic mass is 10.0. The monoisotopic (exact) mass is 662 g/mol. The zero-order valence-electron chi connectivity index (χ0n) is 28.8. The highest BCUT2D eigenvalue weighted by molar-refractivity contribution is 5.94. The lowest BCUT2D eigenvalue weighted by Gasteiger charge is -2.26. The van der Waals surface area contributed by atoms with E-state index in [1.165, 1.54) is 21.5 Å². The molecule has 51 heavy (non-hydrogen) atoms. The fourth-order valence-corrected chi connectivity index (χ4v) is 6.91. The Bertz CT molecular complexity index is 2600. The molecule has 0 aliphatic rings. The van der Waals surface area contributed by atoms with Gasteiger partial charge in [0, 0.05) is 35.7 Å². The summed E-state index contributed by atoms with van der Waals surface area (Å²) in [4.78, 5) is 17.0. The summed E-state index contributed by atoms with van der Waals surface area (Å²) in [6.45, 7) is 5.59. The van der Waals surface area contributed by atoms with E-state index in [0.717, 1.165) is 57.6 Å². The quantitative estimate of drug-likeness (QED) is 0.144. The van der Waals surface area contributed by atoms with Gasteiger partial charge in [0.2, 0.25) is 0 Å². The first-order valence-electron chi connectivity index (χ1n) is 17.6. The van der Waals surface area contributed by atoms with Crippen LogP contribution in [-0.4, -0.2) is 13.1 Å². The SMILES string of the molecule is CCN(CC)c1ccc(-c2ccc3cc(C=Cc4ccc5cc(N(c6ccccc6)c6ccc7ccccc7c6)ccc5c4)ccc3c2)oc1=O. The minimum Gasteiger partial charge on any atom is -0.421 e. The van der Waals surface area contributed by atoms with Crippen molar-refractivity contribution in [1.29, 1.82) is 0 Å². The van der Waals surface area contributed by atoms with Crippen LogP contribution in [0.2, 0.25) is 0 Å². The summed E-state index contributed by atoms with van der Waals surface area (Å²) < 4.78 is 5.73. The Kier molecular flexibility index (Phi) is 8.65. The summed E-state index contributed by atoms with van der Waals surface area (Å²) in [6, 6.07) is 55.4. The molecule has 0 radical (unpaired) electrons. The number of fused-ring (bicyclic) bond motifs is 3. The topological polar surface area (TPSA) is 36.7 Å². The average molecular weight is 663 g/mol. The minimum absolute atomic E-state index is 0.305. The zero-order chi connectivity index (χ0) is 34.7. The van der Waals surface area contributed by atoms with E-state index >= 15 is 0 Å². The van der Waals surface area contributed by atoms with Gasteiger partial charge in [0.25, 0.3) is 0 Å². The van der Waals surface area contributed by atoms with Crippen LogP contribution in [0.1, 0.15) is 25.0 Å². The summed E-state index contributed by atoms with van der Waals surface area (Å²) in [5, 5.41) is 7.05. The number of para-hydroxylation sites is 1. The van der Waals surface area contributed by atoms with E-state index in [4.69, 9.17) is 4.42 Å². The maximum absolute atomic E-state index is 12.7. The smallest absolute Gasteiger partial charge is 0.360 e. The minimum atomic E-state index is -0.305. The maximum Gasteiger partial charge on any atom is 0.360 e. The molecule has 0 aliphatic carbocycles. The standard InChI is InChI=1S/C47H38N2O2/c1-3-48(4-2)45-26-27-46(51-47(45)50)41-21-20-37-28-33(16-18-39(37)30-41)14-15-34-17-19-40-32-44(25-23-38(40)29-34)49(42-12-6-5-7-13-42)43-24-22-35-10-8-9-11-36(35)31-43/h5-32H,3-4H2,1-2H3. The van der Waals surface area contributed by atoms with Crippen LogP contribution in [0.3, 0.4) is 0 Å². The molecule has 0 atom stereocenters. The average Bonchev–Trinajstić information content (AvgIpc) is 3.18. The molecule has 0 N–H and O–H groups in total. The molecule has 248 valence electrons. The normalized spacial score (nSPS) is 11.5. The van der Waals surface area contributed by atoms with Gasteiger partial charge in [-0.25, -0.2) is 4.79 Å². The molecule has 0 aliphatic heterocycles. The molecule has 0 saturated carbocycles. The first-order chi connectivity index (χ1) is 25.1. The largest absolute Gasteiger partial charge is 0.421 e. The molecule has 0 bridgehead atoms. The van der Waals surface area contributed by atoms with E-state index in [0.29, 0.717) is 11.4 Å². The molecular formula is C47H38N2O2. The Morgan fingerprint density at radius 2 is 1.02 bits per heavy atom. The zero-order valence-corrected chi connectivity index (χ0v) is 28.8. The van der Waals surface area contributed by atoms with Gasteiger partial charge in [0.1, 0.15) is 11.4 Å². The Labute approximate surface area is 298 Å². The second-order valence-electron chi connectivity index (χ2n) is 12.8. The van der Waals surface area contributed by atoms with Crippen LogP contribution < -0.4 is 15.4 Å². The number of hydrogen-bond acceptors (Lipinski definition) is 4. The van der Waals surface area contributed by atoms with E-state index in [1.54, 1.807) is 0 Å². The highest BCUT2D eigenvalue weighted by atomic mass is 16.4. The Morgan fingerprint density at radius 3 is 1.67 bits per heavy atom. The van der Waals surface area contributed by atoms with Gasteiger partial charge in [0.15, 0.2) is 0 Å². The Hall–Kier alpha value is -6.39. The molecule has 8 aromatic rings. The molecule has 8 rings (SSSR count). The van der Waals surface area contributed by atoms with Crippen molar-refractivity contribution in [3.05, 3.63) is 179 Å². The molecule has 1 aromatic heterocycles. The molecule has 7 aromatic carbocycles. The number of benzene rings is 7. The number of hydrogen-bond donors (Lipinski definition) is 0. The molecular weight excluding hydrogens is 625 g/mol. The third-order valence-corrected chi connectivity index (χ3v) is 9.64. The van der Waals surface area contributed by atoms with Crippen LogP contribution in [0.15, 0.2) is 167 Å². The second-order valence-corrected chi connectivity index (χ2v) is 12.8. The summed E-state index contributed by atoms with van der Waals surface area (Å²) in [6.07, 6.45) is 4.32. The number of nitrogens with zero attached hydrogens (tertiary/aromatic N) is 2. The van der Waals surface area contributed by atoms with Crippen molar-refractivity contribution >= 4 is 67.2 Å². The molecule has 0 unspecified atom stereocenters. The van der Waals surface area contributed by atoms with Crippen molar-refractivity contribution in [2.45, 2.75) is 13.8 Å². The maximum atomic E-state index is 12.7. The van der Waals surface area contributed by atoms with E-state index in [2.05, 4.69) is 157 Å². The van der Waals surface area contributed by atoms with Gasteiger partial charge in [-0.2, -0.15) is 0 Å². The van der Waals surface area contributed by atoms with Gasteiger partial charge in [-0.15, -0.1) is 0 Å². The van der Waals surface area contributed by atoms with Crippen molar-refractivity contribution < 1.29 is 4.42 Å². The predicted octanol–water partition coefficient (Wildman–Crippen LogP) is 12.3. The highest BCUT2D eigenvalue weighted by Crippen LogP contribution is 2.37. The van der Waals surface area contributed by atoms with Crippen molar-refractivity contribution in [1.82, 2.24) is 0 Å². The fraction of sp³-hybridized carbons (Fsp3) is 0.0851. The first kappa shape index (κ1) is 31.9. The lowest BCUT2D eigenvalue weighted by molar-refractivity contribution is 0.523. The van der Waals surface area contributed by atoms with Gasteiger partial charge in [0.05, 0.1) is 0 Å². The second kappa shape index (κ2) is 13.9. The number of anilines is 4. The third-order valence-electron chi connectivity index (χ3n) is 9.64. The lowest BCUT2D eigenvalue weighted by Crippen LogP contribution is -2.27. The van der Waals surface area contributed by atoms with Crippen molar-refractivity contribution in [2.75, 3.05) is 22.9 Å². The van der Waals surface area contributed by atoms with Crippen LogP contribution in [0.25, 0.3) is 55.8 Å². The van der Waals surface area contributed by atoms with Gasteiger partial charge in [-0.1, -0.05) is 103 Å². The van der Waals surface area contributed by atoms with E-state index in [-0.39, 0.29) is 5.63 Å². The van der Waals surface area contributed by atoms with E-state index in [1.807, 2.05) is 36.9 Å². The number of rotatable bonds is 9. The van der Waals surface area contributed by atoms with Crippen LogP contribution in [0.4, 0.5) is 22.7 Å². The van der Waals surface area contributed by atoms with E-state index < -0.39 is 0 Å². The van der Waals surface area contributed by atoms with Crippen molar-refractivity contribution in [3.63, 3.8) is 0 Å². The Morgan fingerprint density at radius 1 is 0.490 bits per heavy atom. The molecule has 4 nitrogen and oxygen atoms in total. The summed E-state index contributed by atoms with van der Waals surface area (Å²) in [7, 11) is 0. The summed E-state index contributed by atoms with van der Waals surface area (Å²) >= 11 is 0. The van der Waals surface area contributed by atoms with Crippen molar-refractivity contribution in [2.24, 2.45) is 0 Å². The van der Waals surface area contributed by atoms with Crippen LogP contribution in [-0.2, 0) is 0 Å². The summed E-state index contributed by atoms with van der Waals surface area (Å²) in [5.74, 6) is 0.576. The molecule has 0 amide bonds. The molecule has 0 fully saturated rings. The van der Waals surface area contributed by atoms with Gasteiger partial charge >= 0.3 is 5.63 Å². The third kappa shape index (κ3) is 6.52. The first-order valence-corrected chi connectivity index (χ1v) is 17.6.